The molecule has 0 saturated heterocycles. The van der Waals surface area contributed by atoms with Gasteiger partial charge in [0.15, 0.2) is 5.82 Å². The van der Waals surface area contributed by atoms with Crippen LogP contribution in [-0.2, 0) is 27.9 Å². The van der Waals surface area contributed by atoms with Crippen LogP contribution >= 0.6 is 11.8 Å². The molecule has 36 heavy (non-hydrogen) atoms. The number of methoxy groups -OCH3 is 2. The Bertz CT molecular complexity index is 1340. The molecule has 0 bridgehead atoms. The quantitative estimate of drug-likeness (QED) is 0.308. The van der Waals surface area contributed by atoms with Crippen LogP contribution in [0.3, 0.4) is 0 Å². The summed E-state index contributed by atoms with van der Waals surface area (Å²) >= 11 is 1.37. The molecule has 3 heterocycles. The van der Waals surface area contributed by atoms with Crippen molar-refractivity contribution in [2.75, 3.05) is 25.8 Å². The minimum atomic E-state index is -0.981. The van der Waals surface area contributed by atoms with Gasteiger partial charge in [0.1, 0.15) is 16.9 Å². The fourth-order valence-electron chi connectivity index (χ4n) is 4.75. The van der Waals surface area contributed by atoms with Crippen molar-refractivity contribution in [3.8, 4) is 0 Å². The molecule has 1 N–H and O–H groups in total. The molecule has 1 amide bonds. The minimum absolute atomic E-state index is 0.0881. The van der Waals surface area contributed by atoms with E-state index in [4.69, 9.17) is 14.5 Å². The molecule has 0 radical (unpaired) electrons. The Labute approximate surface area is 214 Å². The first-order valence-electron chi connectivity index (χ1n) is 12.2. The van der Waals surface area contributed by atoms with E-state index in [0.29, 0.717) is 46.3 Å². The summed E-state index contributed by atoms with van der Waals surface area (Å²) in [5.74, 6) is 0.288. The molecular formula is C25H32N6O4S. The Morgan fingerprint density at radius 3 is 2.47 bits per heavy atom. The molecule has 0 unspecified atom stereocenters. The first-order chi connectivity index (χ1) is 17.4. The van der Waals surface area contributed by atoms with Crippen molar-refractivity contribution in [1.82, 2.24) is 24.0 Å². The molecule has 0 aliphatic heterocycles. The van der Waals surface area contributed by atoms with Gasteiger partial charge >= 0.3 is 0 Å². The highest BCUT2D eigenvalue weighted by molar-refractivity contribution is 8.02. The van der Waals surface area contributed by atoms with Crippen molar-refractivity contribution in [3.05, 3.63) is 29.2 Å². The lowest BCUT2D eigenvalue weighted by molar-refractivity contribution is -0.151. The summed E-state index contributed by atoms with van der Waals surface area (Å²) in [5, 5.41) is 4.74. The highest BCUT2D eigenvalue weighted by Gasteiger charge is 2.43. The number of aromatic nitrogens is 4. The number of ketones is 1. The van der Waals surface area contributed by atoms with Crippen molar-refractivity contribution in [3.63, 3.8) is 0 Å². The molecule has 10 nitrogen and oxygen atoms in total. The summed E-state index contributed by atoms with van der Waals surface area (Å²) in [6, 6.07) is 2.70. The van der Waals surface area contributed by atoms with Crippen molar-refractivity contribution in [2.45, 2.75) is 57.5 Å². The van der Waals surface area contributed by atoms with Crippen LogP contribution in [0.2, 0.25) is 0 Å². The number of nitrogens with one attached hydrogen (secondary N) is 1. The lowest BCUT2D eigenvalue weighted by atomic mass is 10.2. The smallest absolute Gasteiger partial charge is 0.271 e. The number of hydrogen-bond acceptors (Lipinski definition) is 8. The number of fused-ring (bicyclic) bond motifs is 3. The van der Waals surface area contributed by atoms with Gasteiger partial charge in [0.05, 0.1) is 16.9 Å². The van der Waals surface area contributed by atoms with Gasteiger partial charge in [-0.3, -0.25) is 9.59 Å². The molecule has 3 aromatic rings. The number of rotatable bonds is 11. The van der Waals surface area contributed by atoms with Gasteiger partial charge in [0.2, 0.25) is 12.1 Å². The number of aryl methyl sites for hydroxylation is 2. The number of ether oxygens (including phenoxy) is 2. The van der Waals surface area contributed by atoms with Crippen LogP contribution in [0.5, 0.6) is 0 Å². The molecule has 2 aliphatic rings. The highest BCUT2D eigenvalue weighted by atomic mass is 32.2. The van der Waals surface area contributed by atoms with Crippen LogP contribution in [0.4, 0.5) is 5.82 Å². The summed E-state index contributed by atoms with van der Waals surface area (Å²) in [5.41, 5.74) is 2.93. The third kappa shape index (κ3) is 4.39. The summed E-state index contributed by atoms with van der Waals surface area (Å²) in [6.45, 7) is 2.63. The van der Waals surface area contributed by atoms with E-state index in [1.165, 1.54) is 32.1 Å². The number of carbonyl (C=O) groups is 2. The minimum Gasteiger partial charge on any atom is -0.349 e. The second kappa shape index (κ2) is 9.87. The lowest BCUT2D eigenvalue weighted by Gasteiger charge is -2.22. The molecule has 0 aromatic carbocycles. The van der Waals surface area contributed by atoms with Gasteiger partial charge in [0, 0.05) is 51.4 Å². The maximum atomic E-state index is 13.7. The summed E-state index contributed by atoms with van der Waals surface area (Å²) < 4.78 is 14.1. The third-order valence-electron chi connectivity index (χ3n) is 6.75. The van der Waals surface area contributed by atoms with Gasteiger partial charge in [-0.2, -0.15) is 0 Å². The Morgan fingerprint density at radius 1 is 1.25 bits per heavy atom. The average molecular weight is 513 g/mol. The second-order valence-corrected chi connectivity index (χ2v) is 10.1. The predicted molar refractivity (Wildman–Crippen MR) is 140 cm³/mol. The van der Waals surface area contributed by atoms with E-state index >= 15 is 0 Å². The average Bonchev–Trinajstić information content (AvgIpc) is 3.80. The number of pyridine rings is 1. The van der Waals surface area contributed by atoms with E-state index in [1.54, 1.807) is 6.33 Å². The van der Waals surface area contributed by atoms with Gasteiger partial charge in [-0.1, -0.05) is 0 Å². The van der Waals surface area contributed by atoms with E-state index in [2.05, 4.69) is 15.2 Å². The van der Waals surface area contributed by atoms with E-state index in [-0.39, 0.29) is 11.7 Å². The maximum absolute atomic E-state index is 13.7. The van der Waals surface area contributed by atoms with Crippen molar-refractivity contribution in [1.29, 1.82) is 0 Å². The zero-order valence-corrected chi connectivity index (χ0v) is 22.1. The zero-order valence-electron chi connectivity index (χ0n) is 21.3. The Morgan fingerprint density at radius 2 is 1.92 bits per heavy atom. The predicted octanol–water partition coefficient (Wildman–Crippen LogP) is 3.51. The number of nitrogens with zero attached hydrogens (tertiary/aromatic N) is 5. The van der Waals surface area contributed by atoms with Gasteiger partial charge < -0.3 is 28.8 Å². The Balaban J connectivity index is 1.60. The van der Waals surface area contributed by atoms with Crippen LogP contribution in [0, 0.1) is 0 Å². The number of imidazole rings is 1. The summed E-state index contributed by atoms with van der Waals surface area (Å²) in [6.07, 6.45) is 8.41. The SMILES string of the molecule is CCn1c(C(=O)N(C2CC2)C2CC2)cc2c3c(ncn3C)c(N/C(=C\C(=O)C(OC)OC)SC)nc21. The van der Waals surface area contributed by atoms with Crippen LogP contribution in [0.1, 0.15) is 43.1 Å². The number of thioether (sulfide) groups is 1. The molecule has 192 valence electrons. The van der Waals surface area contributed by atoms with Crippen molar-refractivity contribution < 1.29 is 19.1 Å². The normalized spacial score (nSPS) is 16.3. The van der Waals surface area contributed by atoms with Gasteiger partial charge in [-0.15, -0.1) is 11.8 Å². The molecular weight excluding hydrogens is 480 g/mol. The number of amides is 1. The van der Waals surface area contributed by atoms with Crippen LogP contribution in [-0.4, -0.2) is 74.5 Å². The van der Waals surface area contributed by atoms with Gasteiger partial charge in [0.25, 0.3) is 5.91 Å². The molecule has 5 rings (SSSR count). The molecule has 2 saturated carbocycles. The van der Waals surface area contributed by atoms with Gasteiger partial charge in [-0.25, -0.2) is 9.97 Å². The molecule has 0 atom stereocenters. The Hall–Kier alpha value is -2.89. The monoisotopic (exact) mass is 512 g/mol. The molecule has 0 spiro atoms. The summed E-state index contributed by atoms with van der Waals surface area (Å²) in [4.78, 5) is 37.9. The van der Waals surface area contributed by atoms with Crippen molar-refractivity contribution in [2.24, 2.45) is 7.05 Å². The fraction of sp³-hybridized carbons (Fsp3) is 0.520. The Kier molecular flexibility index (Phi) is 6.80. The molecule has 2 aliphatic carbocycles. The van der Waals surface area contributed by atoms with E-state index in [1.807, 2.05) is 35.4 Å². The van der Waals surface area contributed by atoms with Crippen LogP contribution in [0.15, 0.2) is 23.5 Å². The van der Waals surface area contributed by atoms with E-state index < -0.39 is 6.29 Å². The number of hydrogen-bond donors (Lipinski definition) is 1. The third-order valence-corrected chi connectivity index (χ3v) is 7.41. The van der Waals surface area contributed by atoms with Crippen LogP contribution < -0.4 is 5.32 Å². The lowest BCUT2D eigenvalue weighted by Crippen LogP contribution is -2.36. The van der Waals surface area contributed by atoms with E-state index in [9.17, 15) is 9.59 Å². The standard InChI is InChI=1S/C25H32N6O4S/c1-6-30-17(24(33)31(14-7-8-14)15-9-10-15)11-16-21-20(26-13-29(21)2)22(28-23(16)30)27-19(36-5)12-18(32)25(34-3)35-4/h11-15,25H,6-10H2,1-5H3,(H,27,28)/b19-12+. The molecule has 11 heteroatoms. The topological polar surface area (TPSA) is 104 Å². The first-order valence-corrected chi connectivity index (χ1v) is 13.4. The first kappa shape index (κ1) is 24.8. The second-order valence-electron chi connectivity index (χ2n) is 9.24. The maximum Gasteiger partial charge on any atom is 0.271 e. The largest absolute Gasteiger partial charge is 0.349 e. The fourth-order valence-corrected chi connectivity index (χ4v) is 5.19. The van der Waals surface area contributed by atoms with Gasteiger partial charge in [-0.05, 0) is 44.9 Å². The highest BCUT2D eigenvalue weighted by Crippen LogP contribution is 2.39. The molecule has 2 fully saturated rings. The van der Waals surface area contributed by atoms with Crippen molar-refractivity contribution >= 4 is 51.3 Å². The van der Waals surface area contributed by atoms with Crippen LogP contribution in [0.25, 0.3) is 22.1 Å². The zero-order chi connectivity index (χ0) is 25.6. The summed E-state index contributed by atoms with van der Waals surface area (Å²) in [7, 11) is 4.77. The number of carbonyl (C=O) groups excluding carboxylic acids is 2. The number of anilines is 1. The molecule has 3 aromatic heterocycles. The van der Waals surface area contributed by atoms with E-state index in [0.717, 1.165) is 36.6 Å².